The average molecular weight is 265 g/mol. The zero-order chi connectivity index (χ0) is 12.7. The second-order valence-corrected chi connectivity index (χ2v) is 4.41. The Morgan fingerprint density at radius 3 is 3.06 bits per heavy atom. The van der Waals surface area contributed by atoms with Crippen LogP contribution in [0.15, 0.2) is 30.9 Å². The zero-order valence-corrected chi connectivity index (χ0v) is 9.96. The van der Waals surface area contributed by atoms with Gasteiger partial charge in [-0.2, -0.15) is 0 Å². The molecule has 0 aliphatic carbocycles. The highest BCUT2D eigenvalue weighted by molar-refractivity contribution is 6.32. The molecule has 92 valence electrons. The summed E-state index contributed by atoms with van der Waals surface area (Å²) in [6.07, 6.45) is 4.88. The minimum Gasteiger partial charge on any atom is -0.506 e. The van der Waals surface area contributed by atoms with Crippen LogP contribution in [0.4, 0.5) is 0 Å². The van der Waals surface area contributed by atoms with Crippen LogP contribution in [0.1, 0.15) is 16.4 Å². The number of aromatic hydroxyl groups is 1. The first-order chi connectivity index (χ1) is 8.66. The Morgan fingerprint density at radius 2 is 2.33 bits per heavy atom. The predicted octanol–water partition coefficient (Wildman–Crippen LogP) is 2.06. The zero-order valence-electron chi connectivity index (χ0n) is 9.21. The van der Waals surface area contributed by atoms with Gasteiger partial charge in [0.05, 0.1) is 16.9 Å². The number of benzene rings is 1. The van der Waals surface area contributed by atoms with E-state index in [1.165, 1.54) is 12.1 Å². The molecule has 0 saturated heterocycles. The first kappa shape index (κ1) is 11.1. The minimum atomic E-state index is -0.444. The number of phenolic OH excluding ortho intramolecular Hbond substituents is 1. The van der Waals surface area contributed by atoms with Crippen LogP contribution in [0, 0.1) is 0 Å². The van der Waals surface area contributed by atoms with Crippen molar-refractivity contribution in [1.82, 2.24) is 9.55 Å². The molecule has 2 heterocycles. The maximum atomic E-state index is 12.3. The van der Waals surface area contributed by atoms with Crippen LogP contribution in [0.3, 0.4) is 0 Å². The number of nitrogens with zero attached hydrogens (tertiary/aromatic N) is 2. The third-order valence-electron chi connectivity index (χ3n) is 2.90. The van der Waals surface area contributed by atoms with Crippen molar-refractivity contribution in [3.63, 3.8) is 0 Å². The van der Waals surface area contributed by atoms with E-state index in [1.54, 1.807) is 23.3 Å². The van der Waals surface area contributed by atoms with Gasteiger partial charge in [-0.3, -0.25) is 4.79 Å². The van der Waals surface area contributed by atoms with E-state index in [0.29, 0.717) is 11.3 Å². The molecule has 0 saturated carbocycles. The van der Waals surface area contributed by atoms with Gasteiger partial charge in [0, 0.05) is 18.5 Å². The third-order valence-corrected chi connectivity index (χ3v) is 3.20. The van der Waals surface area contributed by atoms with Crippen LogP contribution in [0.5, 0.6) is 11.5 Å². The number of imidazole rings is 1. The number of ketones is 1. The summed E-state index contributed by atoms with van der Waals surface area (Å²) in [5, 5.41) is 9.61. The number of aromatic nitrogens is 2. The number of carbonyl (C=O) groups is 1. The first-order valence-corrected chi connectivity index (χ1v) is 5.71. The quantitative estimate of drug-likeness (QED) is 0.856. The number of fused-ring (bicyclic) bond motifs is 1. The summed E-state index contributed by atoms with van der Waals surface area (Å²) in [7, 11) is 0. The number of hydrogen-bond donors (Lipinski definition) is 1. The lowest BCUT2D eigenvalue weighted by Crippen LogP contribution is -2.29. The van der Waals surface area contributed by atoms with E-state index in [1.807, 2.05) is 0 Å². The maximum absolute atomic E-state index is 12.3. The van der Waals surface area contributed by atoms with Crippen molar-refractivity contribution in [2.24, 2.45) is 0 Å². The average Bonchev–Trinajstić information content (AvgIpc) is 2.86. The van der Waals surface area contributed by atoms with Crippen molar-refractivity contribution in [2.75, 3.05) is 6.61 Å². The van der Waals surface area contributed by atoms with E-state index in [9.17, 15) is 9.90 Å². The van der Waals surface area contributed by atoms with Crippen LogP contribution in [-0.4, -0.2) is 27.0 Å². The van der Waals surface area contributed by atoms with Crippen molar-refractivity contribution in [3.05, 3.63) is 41.4 Å². The van der Waals surface area contributed by atoms with Gasteiger partial charge in [-0.15, -0.1) is 0 Å². The van der Waals surface area contributed by atoms with Crippen LogP contribution >= 0.6 is 11.6 Å². The van der Waals surface area contributed by atoms with Gasteiger partial charge in [-0.05, 0) is 6.07 Å². The Morgan fingerprint density at radius 1 is 1.50 bits per heavy atom. The molecule has 0 spiro atoms. The molecule has 18 heavy (non-hydrogen) atoms. The van der Waals surface area contributed by atoms with Crippen molar-refractivity contribution < 1.29 is 14.6 Å². The second kappa shape index (κ2) is 4.03. The smallest absolute Gasteiger partial charge is 0.192 e. The molecule has 2 aromatic rings. The van der Waals surface area contributed by atoms with Gasteiger partial charge in [0.2, 0.25) is 0 Å². The fraction of sp³-hybridized carbons (Fsp3) is 0.167. The Balaban J connectivity index is 2.04. The number of hydrogen-bond acceptors (Lipinski definition) is 4. The molecule has 0 bridgehead atoms. The van der Waals surface area contributed by atoms with Gasteiger partial charge >= 0.3 is 0 Å². The number of Topliss-reactive ketones (excluding diaryl/α,β-unsaturated/α-hetero) is 1. The maximum Gasteiger partial charge on any atom is 0.192 e. The lowest BCUT2D eigenvalue weighted by atomic mass is 10.0. The first-order valence-electron chi connectivity index (χ1n) is 5.34. The number of ether oxygens (including phenoxy) is 1. The molecule has 0 amide bonds. The molecular formula is C12H9ClN2O3. The Labute approximate surface area is 108 Å². The Hall–Kier alpha value is -2.01. The molecule has 1 aromatic heterocycles. The summed E-state index contributed by atoms with van der Waals surface area (Å²) >= 11 is 5.81. The minimum absolute atomic E-state index is 0.0932. The summed E-state index contributed by atoms with van der Waals surface area (Å²) < 4.78 is 7.16. The van der Waals surface area contributed by atoms with E-state index in [-0.39, 0.29) is 23.2 Å². The van der Waals surface area contributed by atoms with Crippen LogP contribution < -0.4 is 4.74 Å². The fourth-order valence-corrected chi connectivity index (χ4v) is 2.12. The van der Waals surface area contributed by atoms with Crippen LogP contribution in [-0.2, 0) is 0 Å². The summed E-state index contributed by atoms with van der Waals surface area (Å²) in [6, 6.07) is 2.35. The second-order valence-electron chi connectivity index (χ2n) is 4.00. The van der Waals surface area contributed by atoms with Gasteiger partial charge in [0.15, 0.2) is 5.78 Å². The van der Waals surface area contributed by atoms with Gasteiger partial charge in [-0.25, -0.2) is 4.98 Å². The monoisotopic (exact) mass is 264 g/mol. The van der Waals surface area contributed by atoms with E-state index < -0.39 is 6.04 Å². The largest absolute Gasteiger partial charge is 0.506 e. The van der Waals surface area contributed by atoms with E-state index >= 15 is 0 Å². The van der Waals surface area contributed by atoms with E-state index in [2.05, 4.69) is 4.98 Å². The highest BCUT2D eigenvalue weighted by Gasteiger charge is 2.30. The molecule has 0 fully saturated rings. The normalized spacial score (nSPS) is 18.3. The highest BCUT2D eigenvalue weighted by atomic mass is 35.5. The lowest BCUT2D eigenvalue weighted by Gasteiger charge is -2.25. The molecule has 1 unspecified atom stereocenters. The molecule has 0 radical (unpaired) electrons. The molecule has 1 aliphatic rings. The molecule has 1 aliphatic heterocycles. The molecule has 5 nitrogen and oxygen atoms in total. The summed E-state index contributed by atoms with van der Waals surface area (Å²) in [5.41, 5.74) is 0.378. The summed E-state index contributed by atoms with van der Waals surface area (Å²) in [6.45, 7) is 0.212. The highest BCUT2D eigenvalue weighted by Crippen LogP contribution is 2.36. The Bertz CT molecular complexity index is 610. The lowest BCUT2D eigenvalue weighted by molar-refractivity contribution is 0.0841. The number of rotatable bonds is 1. The fourth-order valence-electron chi connectivity index (χ4n) is 1.95. The summed E-state index contributed by atoms with van der Waals surface area (Å²) in [5.74, 6) is 0.165. The number of phenols is 1. The van der Waals surface area contributed by atoms with Gasteiger partial charge in [-0.1, -0.05) is 11.6 Å². The van der Waals surface area contributed by atoms with E-state index in [0.717, 1.165) is 0 Å². The van der Waals surface area contributed by atoms with Crippen LogP contribution in [0.2, 0.25) is 5.02 Å². The van der Waals surface area contributed by atoms with Crippen molar-refractivity contribution in [2.45, 2.75) is 6.04 Å². The molecule has 1 N–H and O–H groups in total. The molecule has 3 rings (SSSR count). The standard InChI is InChI=1S/C12H9ClN2O3/c13-8-3-7-11(4-10(8)16)18-5-9(12(7)17)15-2-1-14-6-15/h1-4,6,9,16H,5H2. The Kier molecular flexibility index (Phi) is 2.48. The molecule has 6 heteroatoms. The van der Waals surface area contributed by atoms with Gasteiger partial charge in [0.1, 0.15) is 24.1 Å². The van der Waals surface area contributed by atoms with Gasteiger partial charge in [0.25, 0.3) is 0 Å². The summed E-state index contributed by atoms with van der Waals surface area (Å²) in [4.78, 5) is 16.2. The van der Waals surface area contributed by atoms with Crippen molar-refractivity contribution >= 4 is 17.4 Å². The van der Waals surface area contributed by atoms with E-state index in [4.69, 9.17) is 16.3 Å². The molecular weight excluding hydrogens is 256 g/mol. The molecule has 1 aromatic carbocycles. The number of carbonyl (C=O) groups excluding carboxylic acids is 1. The van der Waals surface area contributed by atoms with Gasteiger partial charge < -0.3 is 14.4 Å². The molecule has 1 atom stereocenters. The van der Waals surface area contributed by atoms with Crippen LogP contribution in [0.25, 0.3) is 0 Å². The topological polar surface area (TPSA) is 64.3 Å². The van der Waals surface area contributed by atoms with Crippen molar-refractivity contribution in [3.8, 4) is 11.5 Å². The van der Waals surface area contributed by atoms with Crippen molar-refractivity contribution in [1.29, 1.82) is 0 Å². The predicted molar refractivity (Wildman–Crippen MR) is 64.2 cm³/mol. The number of halogens is 1. The third kappa shape index (κ3) is 1.64. The SMILES string of the molecule is O=C1c2cc(Cl)c(O)cc2OCC1n1ccnc1.